The predicted molar refractivity (Wildman–Crippen MR) is 107 cm³/mol. The molecular formula is C22H20ClNO3. The minimum Gasteiger partial charge on any atom is -0.489 e. The van der Waals surface area contributed by atoms with E-state index in [0.29, 0.717) is 31.4 Å². The van der Waals surface area contributed by atoms with Crippen LogP contribution in [-0.4, -0.2) is 13.2 Å². The Morgan fingerprint density at radius 1 is 0.889 bits per heavy atom. The lowest BCUT2D eigenvalue weighted by Crippen LogP contribution is -2.15. The van der Waals surface area contributed by atoms with Crippen LogP contribution in [0, 0.1) is 0 Å². The van der Waals surface area contributed by atoms with Gasteiger partial charge in [-0.25, -0.2) is 0 Å². The number of hydrogen-bond acceptors (Lipinski definition) is 4. The predicted octanol–water partition coefficient (Wildman–Crippen LogP) is 5.30. The molecule has 0 fully saturated rings. The van der Waals surface area contributed by atoms with E-state index >= 15 is 0 Å². The van der Waals surface area contributed by atoms with E-state index in [1.807, 2.05) is 60.7 Å². The third kappa shape index (κ3) is 4.47. The van der Waals surface area contributed by atoms with Crippen LogP contribution < -0.4 is 19.5 Å². The molecule has 0 amide bonds. The molecule has 3 aromatic carbocycles. The van der Waals surface area contributed by atoms with Crippen LogP contribution >= 0.6 is 11.6 Å². The molecule has 0 aromatic heterocycles. The van der Waals surface area contributed by atoms with Crippen LogP contribution in [0.1, 0.15) is 11.1 Å². The molecule has 0 aliphatic carbocycles. The van der Waals surface area contributed by atoms with Crippen LogP contribution in [0.4, 0.5) is 5.69 Å². The van der Waals surface area contributed by atoms with Crippen molar-refractivity contribution in [2.24, 2.45) is 0 Å². The molecule has 0 atom stereocenters. The Morgan fingerprint density at radius 3 is 2.63 bits per heavy atom. The number of fused-ring (bicyclic) bond motifs is 1. The van der Waals surface area contributed by atoms with Crippen molar-refractivity contribution in [3.05, 3.63) is 82.9 Å². The van der Waals surface area contributed by atoms with E-state index in [-0.39, 0.29) is 0 Å². The molecule has 1 N–H and O–H groups in total. The van der Waals surface area contributed by atoms with Gasteiger partial charge in [0.15, 0.2) is 11.5 Å². The van der Waals surface area contributed by atoms with Gasteiger partial charge < -0.3 is 19.5 Å². The molecule has 4 nitrogen and oxygen atoms in total. The molecular weight excluding hydrogens is 362 g/mol. The van der Waals surface area contributed by atoms with Crippen molar-refractivity contribution in [3.63, 3.8) is 0 Å². The molecule has 0 spiro atoms. The Hall–Kier alpha value is -2.85. The van der Waals surface area contributed by atoms with Gasteiger partial charge in [-0.1, -0.05) is 41.9 Å². The van der Waals surface area contributed by atoms with Crippen molar-refractivity contribution in [2.45, 2.75) is 13.2 Å². The monoisotopic (exact) mass is 381 g/mol. The van der Waals surface area contributed by atoms with E-state index in [0.717, 1.165) is 34.1 Å². The lowest BCUT2D eigenvalue weighted by molar-refractivity contribution is 0.171. The normalized spacial score (nSPS) is 12.5. The molecule has 1 aliphatic heterocycles. The van der Waals surface area contributed by atoms with Crippen molar-refractivity contribution in [3.8, 4) is 17.2 Å². The third-order valence-corrected chi connectivity index (χ3v) is 4.66. The summed E-state index contributed by atoms with van der Waals surface area (Å²) in [6.07, 6.45) is 0. The van der Waals surface area contributed by atoms with Crippen LogP contribution in [0.2, 0.25) is 5.02 Å². The molecule has 1 aliphatic rings. The zero-order chi connectivity index (χ0) is 18.5. The zero-order valence-corrected chi connectivity index (χ0v) is 15.5. The van der Waals surface area contributed by atoms with Gasteiger partial charge in [0.25, 0.3) is 0 Å². The number of benzene rings is 3. The Labute approximate surface area is 163 Å². The Balaban J connectivity index is 1.37. The van der Waals surface area contributed by atoms with E-state index < -0.39 is 0 Å². The average molecular weight is 382 g/mol. The Bertz CT molecular complexity index is 929. The number of rotatable bonds is 6. The van der Waals surface area contributed by atoms with Crippen molar-refractivity contribution >= 4 is 17.3 Å². The van der Waals surface area contributed by atoms with Gasteiger partial charge in [0, 0.05) is 28.9 Å². The zero-order valence-electron chi connectivity index (χ0n) is 14.8. The van der Waals surface area contributed by atoms with Crippen LogP contribution in [0.15, 0.2) is 66.7 Å². The molecule has 5 heteroatoms. The molecule has 1 heterocycles. The van der Waals surface area contributed by atoms with E-state index in [1.54, 1.807) is 0 Å². The third-order valence-electron chi connectivity index (χ3n) is 4.29. The van der Waals surface area contributed by atoms with Crippen molar-refractivity contribution in [2.75, 3.05) is 18.5 Å². The van der Waals surface area contributed by atoms with Crippen LogP contribution in [0.3, 0.4) is 0 Å². The topological polar surface area (TPSA) is 39.7 Å². The Morgan fingerprint density at radius 2 is 1.74 bits per heavy atom. The number of ether oxygens (including phenoxy) is 3. The highest BCUT2D eigenvalue weighted by Crippen LogP contribution is 2.32. The fraction of sp³-hybridized carbons (Fsp3) is 0.182. The summed E-state index contributed by atoms with van der Waals surface area (Å²) in [6, 6.07) is 21.6. The average Bonchev–Trinajstić information content (AvgIpc) is 2.72. The van der Waals surface area contributed by atoms with Gasteiger partial charge in [0.1, 0.15) is 25.6 Å². The Kier molecular flexibility index (Phi) is 5.35. The van der Waals surface area contributed by atoms with Crippen molar-refractivity contribution in [1.29, 1.82) is 0 Å². The molecule has 4 rings (SSSR count). The molecule has 0 radical (unpaired) electrons. The first-order valence-corrected chi connectivity index (χ1v) is 9.24. The van der Waals surface area contributed by atoms with Crippen LogP contribution in [0.5, 0.6) is 17.2 Å². The maximum atomic E-state index is 6.18. The summed E-state index contributed by atoms with van der Waals surface area (Å²) >= 11 is 6.18. The van der Waals surface area contributed by atoms with Crippen LogP contribution in [-0.2, 0) is 13.2 Å². The molecule has 0 saturated heterocycles. The maximum absolute atomic E-state index is 6.18. The molecule has 0 unspecified atom stereocenters. The summed E-state index contributed by atoms with van der Waals surface area (Å²) in [7, 11) is 0. The van der Waals surface area contributed by atoms with E-state index in [4.69, 9.17) is 25.8 Å². The molecule has 3 aromatic rings. The first-order valence-electron chi connectivity index (χ1n) is 8.86. The van der Waals surface area contributed by atoms with Gasteiger partial charge >= 0.3 is 0 Å². The smallest absolute Gasteiger partial charge is 0.163 e. The maximum Gasteiger partial charge on any atom is 0.163 e. The number of hydrogen-bond donors (Lipinski definition) is 1. The van der Waals surface area contributed by atoms with Gasteiger partial charge in [-0.2, -0.15) is 0 Å². The highest BCUT2D eigenvalue weighted by atomic mass is 35.5. The molecule has 27 heavy (non-hydrogen) atoms. The summed E-state index contributed by atoms with van der Waals surface area (Å²) in [5.74, 6) is 2.39. The summed E-state index contributed by atoms with van der Waals surface area (Å²) < 4.78 is 17.1. The van der Waals surface area contributed by atoms with Crippen molar-refractivity contribution in [1.82, 2.24) is 0 Å². The number of anilines is 1. The minimum absolute atomic E-state index is 0.443. The SMILES string of the molecule is Clc1ccccc1COc1cccc(CNc2ccc3c(c2)OCCO3)c1. The fourth-order valence-corrected chi connectivity index (χ4v) is 3.07. The molecule has 0 saturated carbocycles. The van der Waals surface area contributed by atoms with Crippen LogP contribution in [0.25, 0.3) is 0 Å². The lowest BCUT2D eigenvalue weighted by Gasteiger charge is -2.19. The molecule has 138 valence electrons. The standard InChI is InChI=1S/C22H20ClNO3/c23-20-7-2-1-5-17(20)15-27-19-6-3-4-16(12-19)14-24-18-8-9-21-22(13-18)26-11-10-25-21/h1-9,12-13,24H,10-11,14-15H2. The summed E-state index contributed by atoms with van der Waals surface area (Å²) in [5, 5.41) is 4.13. The lowest BCUT2D eigenvalue weighted by atomic mass is 10.2. The summed E-state index contributed by atoms with van der Waals surface area (Å²) in [6.45, 7) is 2.31. The number of nitrogens with one attached hydrogen (secondary N) is 1. The van der Waals surface area contributed by atoms with Gasteiger partial charge in [0.05, 0.1) is 0 Å². The van der Waals surface area contributed by atoms with E-state index in [1.165, 1.54) is 0 Å². The quantitative estimate of drug-likeness (QED) is 0.628. The fourth-order valence-electron chi connectivity index (χ4n) is 2.88. The second-order valence-electron chi connectivity index (χ2n) is 6.24. The largest absolute Gasteiger partial charge is 0.489 e. The highest BCUT2D eigenvalue weighted by Gasteiger charge is 2.11. The van der Waals surface area contributed by atoms with E-state index in [2.05, 4.69) is 11.4 Å². The number of halogens is 1. The van der Waals surface area contributed by atoms with Gasteiger partial charge in [0.2, 0.25) is 0 Å². The summed E-state index contributed by atoms with van der Waals surface area (Å²) in [5.41, 5.74) is 3.09. The highest BCUT2D eigenvalue weighted by molar-refractivity contribution is 6.31. The van der Waals surface area contributed by atoms with Gasteiger partial charge in [-0.05, 0) is 35.9 Å². The second kappa shape index (κ2) is 8.23. The second-order valence-corrected chi connectivity index (χ2v) is 6.65. The van der Waals surface area contributed by atoms with E-state index in [9.17, 15) is 0 Å². The summed E-state index contributed by atoms with van der Waals surface area (Å²) in [4.78, 5) is 0. The minimum atomic E-state index is 0.443. The first-order chi connectivity index (χ1) is 13.3. The molecule has 0 bridgehead atoms. The van der Waals surface area contributed by atoms with Crippen molar-refractivity contribution < 1.29 is 14.2 Å². The van der Waals surface area contributed by atoms with Gasteiger partial charge in [-0.3, -0.25) is 0 Å². The first kappa shape index (κ1) is 17.6. The van der Waals surface area contributed by atoms with Gasteiger partial charge in [-0.15, -0.1) is 0 Å².